The van der Waals surface area contributed by atoms with Crippen LogP contribution in [0.1, 0.15) is 38.7 Å². The second-order valence-electron chi connectivity index (χ2n) is 9.18. The summed E-state index contributed by atoms with van der Waals surface area (Å²) < 4.78 is 5.12. The minimum atomic E-state index is -0.707. The Hall–Kier alpha value is -1.80. The van der Waals surface area contributed by atoms with E-state index >= 15 is 0 Å². The van der Waals surface area contributed by atoms with Gasteiger partial charge in [-0.15, -0.1) is 11.8 Å². The fourth-order valence-electron chi connectivity index (χ4n) is 4.30. The highest BCUT2D eigenvalue weighted by molar-refractivity contribution is 8.01. The first-order valence-electron chi connectivity index (χ1n) is 12.3. The zero-order chi connectivity index (χ0) is 25.2. The molecule has 0 unspecified atom stereocenters. The van der Waals surface area contributed by atoms with Gasteiger partial charge in [-0.3, -0.25) is 9.59 Å². The summed E-state index contributed by atoms with van der Waals surface area (Å²) >= 11 is 3.10. The van der Waals surface area contributed by atoms with Crippen molar-refractivity contribution in [2.75, 3.05) is 17.3 Å². The normalized spacial score (nSPS) is 21.3. The van der Waals surface area contributed by atoms with E-state index in [-0.39, 0.29) is 35.4 Å². The van der Waals surface area contributed by atoms with Gasteiger partial charge in [-0.05, 0) is 61.0 Å². The number of ketones is 1. The molecule has 190 valence electrons. The van der Waals surface area contributed by atoms with Crippen molar-refractivity contribution in [3.63, 3.8) is 0 Å². The third-order valence-corrected chi connectivity index (χ3v) is 8.46. The first-order valence-corrected chi connectivity index (χ1v) is 14.5. The molecule has 0 radical (unpaired) electrons. The molecule has 2 aromatic rings. The fraction of sp³-hybridized carbons (Fsp3) is 0.500. The number of benzene rings is 2. The van der Waals surface area contributed by atoms with E-state index in [1.807, 2.05) is 38.1 Å². The number of aliphatic hydroxyl groups is 2. The average molecular weight is 517 g/mol. The Balaban J connectivity index is 1.44. The van der Waals surface area contributed by atoms with E-state index in [0.717, 1.165) is 24.3 Å². The zero-order valence-electron chi connectivity index (χ0n) is 20.5. The number of thioether (sulfide) groups is 2. The third kappa shape index (κ3) is 8.67. The topological polar surface area (TPSA) is 83.8 Å². The van der Waals surface area contributed by atoms with Gasteiger partial charge in [0.1, 0.15) is 5.78 Å². The van der Waals surface area contributed by atoms with Gasteiger partial charge >= 0.3 is 5.97 Å². The molecule has 35 heavy (non-hydrogen) atoms. The first kappa shape index (κ1) is 27.8. The summed E-state index contributed by atoms with van der Waals surface area (Å²) in [5.41, 5.74) is 1.20. The fourth-order valence-corrected chi connectivity index (χ4v) is 6.55. The Bertz CT molecular complexity index is 1000. The number of esters is 1. The summed E-state index contributed by atoms with van der Waals surface area (Å²) in [4.78, 5) is 24.0. The number of hydrogen-bond donors (Lipinski definition) is 2. The smallest absolute Gasteiger partial charge is 0.316 e. The van der Waals surface area contributed by atoms with Crippen LogP contribution in [0.25, 0.3) is 10.8 Å². The van der Waals surface area contributed by atoms with Crippen molar-refractivity contribution in [3.8, 4) is 0 Å². The molecular weight excluding hydrogens is 480 g/mol. The van der Waals surface area contributed by atoms with Gasteiger partial charge < -0.3 is 14.9 Å². The van der Waals surface area contributed by atoms with Gasteiger partial charge in [-0.1, -0.05) is 54.6 Å². The van der Waals surface area contributed by atoms with Crippen molar-refractivity contribution in [1.82, 2.24) is 0 Å². The van der Waals surface area contributed by atoms with Gasteiger partial charge in [0, 0.05) is 12.3 Å². The predicted octanol–water partition coefficient (Wildman–Crippen LogP) is 4.82. The van der Waals surface area contributed by atoms with E-state index in [0.29, 0.717) is 12.2 Å². The van der Waals surface area contributed by atoms with E-state index in [9.17, 15) is 19.8 Å². The van der Waals surface area contributed by atoms with Gasteiger partial charge in [0.25, 0.3) is 0 Å². The lowest BCUT2D eigenvalue weighted by molar-refractivity contribution is -0.144. The number of ether oxygens (including phenoxy) is 1. The molecule has 0 heterocycles. The second-order valence-corrected chi connectivity index (χ2v) is 11.5. The van der Waals surface area contributed by atoms with Gasteiger partial charge in [-0.2, -0.15) is 11.8 Å². The lowest BCUT2D eigenvalue weighted by Gasteiger charge is -2.18. The molecule has 1 aliphatic rings. The molecule has 0 aliphatic heterocycles. The maximum absolute atomic E-state index is 12.4. The highest BCUT2D eigenvalue weighted by Crippen LogP contribution is 2.34. The van der Waals surface area contributed by atoms with Crippen molar-refractivity contribution in [1.29, 1.82) is 0 Å². The largest absolute Gasteiger partial charge is 0.462 e. The van der Waals surface area contributed by atoms with Crippen LogP contribution in [-0.2, 0) is 20.7 Å². The molecule has 0 amide bonds. The van der Waals surface area contributed by atoms with Crippen LogP contribution in [0.3, 0.4) is 0 Å². The van der Waals surface area contributed by atoms with E-state index in [2.05, 4.69) is 24.3 Å². The number of carbonyl (C=O) groups excluding carboxylic acids is 2. The Morgan fingerprint density at radius 2 is 1.94 bits per heavy atom. The number of hydrogen-bond acceptors (Lipinski definition) is 7. The summed E-state index contributed by atoms with van der Waals surface area (Å²) in [6.45, 7) is 3.67. The first-order chi connectivity index (χ1) is 16.8. The minimum Gasteiger partial charge on any atom is -0.462 e. The number of aliphatic hydroxyl groups excluding tert-OH is 2. The molecule has 4 atom stereocenters. The molecule has 7 heteroatoms. The van der Waals surface area contributed by atoms with Crippen LogP contribution in [-0.4, -0.2) is 62.8 Å². The Morgan fingerprint density at radius 3 is 2.74 bits per heavy atom. The van der Waals surface area contributed by atoms with Crippen LogP contribution >= 0.6 is 23.5 Å². The van der Waals surface area contributed by atoms with Gasteiger partial charge in [0.2, 0.25) is 0 Å². The summed E-state index contributed by atoms with van der Waals surface area (Å²) in [7, 11) is 0. The molecule has 0 saturated heterocycles. The second kappa shape index (κ2) is 14.1. The quantitative estimate of drug-likeness (QED) is 0.224. The highest BCUT2D eigenvalue weighted by Gasteiger charge is 2.40. The molecule has 2 N–H and O–H groups in total. The van der Waals surface area contributed by atoms with Crippen molar-refractivity contribution in [2.24, 2.45) is 5.92 Å². The van der Waals surface area contributed by atoms with Crippen LogP contribution < -0.4 is 0 Å². The number of rotatable bonds is 13. The number of aryl methyl sites for hydroxylation is 1. The van der Waals surface area contributed by atoms with Crippen molar-refractivity contribution in [2.45, 2.75) is 63.1 Å². The molecule has 1 saturated carbocycles. The van der Waals surface area contributed by atoms with Gasteiger partial charge in [-0.25, -0.2) is 0 Å². The minimum absolute atomic E-state index is 0.0653. The Labute approximate surface area is 216 Å². The maximum atomic E-state index is 12.4. The molecule has 0 spiro atoms. The average Bonchev–Trinajstić information content (AvgIpc) is 3.09. The lowest BCUT2D eigenvalue weighted by atomic mass is 9.98. The number of carbonyl (C=O) groups is 2. The van der Waals surface area contributed by atoms with Crippen LogP contribution in [0.15, 0.2) is 54.6 Å². The van der Waals surface area contributed by atoms with Crippen LogP contribution in [0.2, 0.25) is 0 Å². The molecule has 1 aliphatic carbocycles. The SMILES string of the molecule is CC(C)OC(=O)CSCCCS[C@H]1C(=O)C[C@@H](O)[C@@H]1/C=C/[C@@H](O)CCc1cccc2ccccc12. The molecular formula is C28H36O5S2. The van der Waals surface area contributed by atoms with E-state index in [4.69, 9.17) is 4.74 Å². The van der Waals surface area contributed by atoms with Crippen molar-refractivity contribution in [3.05, 3.63) is 60.2 Å². The van der Waals surface area contributed by atoms with Crippen LogP contribution in [0.5, 0.6) is 0 Å². The summed E-state index contributed by atoms with van der Waals surface area (Å²) in [6, 6.07) is 14.5. The zero-order valence-corrected chi connectivity index (χ0v) is 22.1. The summed E-state index contributed by atoms with van der Waals surface area (Å²) in [6.07, 6.45) is 4.49. The molecule has 5 nitrogen and oxygen atoms in total. The molecule has 2 aromatic carbocycles. The van der Waals surface area contributed by atoms with Gasteiger partial charge in [0.15, 0.2) is 0 Å². The highest BCUT2D eigenvalue weighted by atomic mass is 32.2. The van der Waals surface area contributed by atoms with E-state index in [1.165, 1.54) is 28.1 Å². The number of Topliss-reactive ketones (excluding diaryl/α,β-unsaturated/α-hetero) is 1. The van der Waals surface area contributed by atoms with Crippen LogP contribution in [0, 0.1) is 5.92 Å². The van der Waals surface area contributed by atoms with Gasteiger partial charge in [0.05, 0.1) is 29.3 Å². The van der Waals surface area contributed by atoms with E-state index in [1.54, 1.807) is 17.8 Å². The summed E-state index contributed by atoms with van der Waals surface area (Å²) in [5, 5.41) is 23.1. The van der Waals surface area contributed by atoms with Crippen LogP contribution in [0.4, 0.5) is 0 Å². The van der Waals surface area contributed by atoms with Crippen molar-refractivity contribution >= 4 is 46.0 Å². The third-order valence-electron chi connectivity index (χ3n) is 5.98. The number of fused-ring (bicyclic) bond motifs is 1. The van der Waals surface area contributed by atoms with E-state index < -0.39 is 12.2 Å². The lowest BCUT2D eigenvalue weighted by Crippen LogP contribution is -2.22. The molecule has 0 aromatic heterocycles. The predicted molar refractivity (Wildman–Crippen MR) is 146 cm³/mol. The van der Waals surface area contributed by atoms with Crippen molar-refractivity contribution < 1.29 is 24.5 Å². The summed E-state index contributed by atoms with van der Waals surface area (Å²) in [5.74, 6) is 1.52. The standard InChI is InChI=1S/C28H36O5S2/c1-19(2)33-27(32)18-34-15-6-16-35-28-24(25(30)17-26(28)31)14-13-22(29)12-11-21-9-5-8-20-7-3-4-10-23(20)21/h3-5,7-10,13-14,19,22,24-25,28-30H,6,11-12,15-18H2,1-2H3/b14-13+/t22-,24-,25+,28+/m0/s1. The Kier molecular flexibility index (Phi) is 11.2. The molecule has 1 fully saturated rings. The monoisotopic (exact) mass is 516 g/mol. The maximum Gasteiger partial charge on any atom is 0.316 e. The molecule has 3 rings (SSSR count). The Morgan fingerprint density at radius 1 is 1.17 bits per heavy atom. The molecule has 0 bridgehead atoms.